The molecule has 0 unspecified atom stereocenters. The molecule has 0 spiro atoms. The number of fused-ring (bicyclic) bond motifs is 2. The SMILES string of the molecule is O=C1COc2ccc(CNC(=O)c3ncnc4c(NS(=O)(=O)c5ccc(O)c(C(=O)O)c5)c[nH]c34)cc2N1. The molecule has 1 aliphatic rings. The van der Waals surface area contributed by atoms with Crippen LogP contribution in [0.3, 0.4) is 0 Å². The molecule has 6 N–H and O–H groups in total. The second-order valence-corrected chi connectivity index (χ2v) is 9.77. The maximum absolute atomic E-state index is 12.9. The molecule has 14 nitrogen and oxygen atoms in total. The van der Waals surface area contributed by atoms with Crippen molar-refractivity contribution in [1.29, 1.82) is 0 Å². The number of carbonyl (C=O) groups is 3. The molecule has 0 atom stereocenters. The monoisotopic (exact) mass is 538 g/mol. The van der Waals surface area contributed by atoms with Crippen LogP contribution in [0.4, 0.5) is 11.4 Å². The number of anilines is 2. The third kappa shape index (κ3) is 4.64. The highest BCUT2D eigenvalue weighted by Crippen LogP contribution is 2.29. The summed E-state index contributed by atoms with van der Waals surface area (Å²) in [6.07, 6.45) is 2.37. The smallest absolute Gasteiger partial charge is 0.339 e. The Kier molecular flexibility index (Phi) is 6.04. The van der Waals surface area contributed by atoms with Crippen LogP contribution in [0.1, 0.15) is 26.4 Å². The molecule has 0 saturated heterocycles. The lowest BCUT2D eigenvalue weighted by atomic mass is 10.1. The normalized spacial score (nSPS) is 12.8. The Balaban J connectivity index is 1.35. The van der Waals surface area contributed by atoms with Gasteiger partial charge in [-0.2, -0.15) is 0 Å². The molecule has 0 bridgehead atoms. The van der Waals surface area contributed by atoms with E-state index in [0.29, 0.717) is 17.0 Å². The summed E-state index contributed by atoms with van der Waals surface area (Å²) in [5.41, 5.74) is 0.789. The average Bonchev–Trinajstić information content (AvgIpc) is 3.29. The highest BCUT2D eigenvalue weighted by molar-refractivity contribution is 7.92. The number of hydrogen-bond donors (Lipinski definition) is 6. The van der Waals surface area contributed by atoms with Crippen molar-refractivity contribution in [2.45, 2.75) is 11.4 Å². The predicted octanol–water partition coefficient (Wildman–Crippen LogP) is 1.42. The summed E-state index contributed by atoms with van der Waals surface area (Å²) >= 11 is 0. The molecule has 3 heterocycles. The molecule has 194 valence electrons. The van der Waals surface area contributed by atoms with Crippen LogP contribution in [0.2, 0.25) is 0 Å². The number of amides is 2. The van der Waals surface area contributed by atoms with Crippen molar-refractivity contribution in [3.8, 4) is 11.5 Å². The highest BCUT2D eigenvalue weighted by atomic mass is 32.2. The summed E-state index contributed by atoms with van der Waals surface area (Å²) in [5, 5.41) is 24.2. The van der Waals surface area contributed by atoms with Gasteiger partial charge in [0.2, 0.25) is 0 Å². The Morgan fingerprint density at radius 1 is 1.13 bits per heavy atom. The van der Waals surface area contributed by atoms with Crippen LogP contribution in [0.15, 0.2) is 53.8 Å². The lowest BCUT2D eigenvalue weighted by molar-refractivity contribution is -0.118. The third-order valence-corrected chi connectivity index (χ3v) is 6.92. The second-order valence-electron chi connectivity index (χ2n) is 8.09. The predicted molar refractivity (Wildman–Crippen MR) is 132 cm³/mol. The van der Waals surface area contributed by atoms with Gasteiger partial charge in [-0.25, -0.2) is 23.2 Å². The molecule has 2 aromatic carbocycles. The fraction of sp³-hybridized carbons (Fsp3) is 0.0870. The quantitative estimate of drug-likeness (QED) is 0.199. The first-order valence-electron chi connectivity index (χ1n) is 10.9. The van der Waals surface area contributed by atoms with E-state index in [1.807, 2.05) is 0 Å². The molecule has 4 aromatic rings. The number of carboxylic acids is 1. The number of sulfonamides is 1. The van der Waals surface area contributed by atoms with E-state index in [1.54, 1.807) is 18.2 Å². The number of aromatic hydroxyl groups is 1. The maximum atomic E-state index is 12.9. The van der Waals surface area contributed by atoms with Crippen LogP contribution in [0.25, 0.3) is 11.0 Å². The molecule has 38 heavy (non-hydrogen) atoms. The van der Waals surface area contributed by atoms with E-state index in [2.05, 4.69) is 30.3 Å². The van der Waals surface area contributed by atoms with E-state index in [0.717, 1.165) is 24.5 Å². The number of phenols is 1. The minimum atomic E-state index is -4.28. The van der Waals surface area contributed by atoms with Crippen LogP contribution < -0.4 is 20.1 Å². The van der Waals surface area contributed by atoms with Crippen LogP contribution >= 0.6 is 0 Å². The van der Waals surface area contributed by atoms with Crippen LogP contribution in [-0.2, 0) is 21.4 Å². The van der Waals surface area contributed by atoms with E-state index in [4.69, 9.17) is 9.84 Å². The number of hydrogen-bond acceptors (Lipinski definition) is 9. The molecular weight excluding hydrogens is 520 g/mol. The first-order chi connectivity index (χ1) is 18.1. The van der Waals surface area contributed by atoms with Gasteiger partial charge in [-0.1, -0.05) is 6.07 Å². The van der Waals surface area contributed by atoms with Gasteiger partial charge < -0.3 is 30.6 Å². The molecule has 0 fully saturated rings. The zero-order valence-electron chi connectivity index (χ0n) is 19.2. The van der Waals surface area contributed by atoms with Crippen molar-refractivity contribution in [1.82, 2.24) is 20.3 Å². The molecule has 0 saturated carbocycles. The highest BCUT2D eigenvalue weighted by Gasteiger charge is 2.23. The van der Waals surface area contributed by atoms with Crippen molar-refractivity contribution < 1.29 is 37.8 Å². The zero-order chi connectivity index (χ0) is 27.0. The summed E-state index contributed by atoms with van der Waals surface area (Å²) in [6.45, 7) is 0.0276. The van der Waals surface area contributed by atoms with Gasteiger partial charge in [-0.3, -0.25) is 14.3 Å². The van der Waals surface area contributed by atoms with Gasteiger partial charge in [0, 0.05) is 12.7 Å². The summed E-state index contributed by atoms with van der Waals surface area (Å²) in [6, 6.07) is 7.90. The molecule has 1 aliphatic heterocycles. The van der Waals surface area contributed by atoms with E-state index < -0.39 is 38.1 Å². The first-order valence-corrected chi connectivity index (χ1v) is 12.4. The summed E-state index contributed by atoms with van der Waals surface area (Å²) in [7, 11) is -4.28. The van der Waals surface area contributed by atoms with Crippen LogP contribution in [-0.4, -0.2) is 58.0 Å². The lowest BCUT2D eigenvalue weighted by Crippen LogP contribution is -2.26. The molecule has 15 heteroatoms. The topological polar surface area (TPSA) is 213 Å². The number of carbonyl (C=O) groups excluding carboxylic acids is 2. The molecule has 2 aromatic heterocycles. The van der Waals surface area contributed by atoms with Gasteiger partial charge in [0.25, 0.3) is 21.8 Å². The van der Waals surface area contributed by atoms with Gasteiger partial charge >= 0.3 is 5.97 Å². The molecule has 5 rings (SSSR count). The van der Waals surface area contributed by atoms with Crippen molar-refractivity contribution in [2.24, 2.45) is 0 Å². The summed E-state index contributed by atoms with van der Waals surface area (Å²) < 4.78 is 33.4. The minimum absolute atomic E-state index is 0.00757. The first kappa shape index (κ1) is 24.5. The molecule has 0 radical (unpaired) electrons. The fourth-order valence-corrected chi connectivity index (χ4v) is 4.84. The van der Waals surface area contributed by atoms with Crippen molar-refractivity contribution in [3.05, 3.63) is 65.7 Å². The van der Waals surface area contributed by atoms with Crippen LogP contribution in [0, 0.1) is 0 Å². The summed E-state index contributed by atoms with van der Waals surface area (Å²) in [5.74, 6) is -2.42. The van der Waals surface area contributed by atoms with Crippen molar-refractivity contribution >= 4 is 50.2 Å². The number of benzene rings is 2. The number of nitrogens with one attached hydrogen (secondary N) is 4. The minimum Gasteiger partial charge on any atom is -0.507 e. The van der Waals surface area contributed by atoms with E-state index in [-0.39, 0.29) is 41.5 Å². The Labute approximate surface area is 213 Å². The van der Waals surface area contributed by atoms with Gasteiger partial charge in [0.1, 0.15) is 28.9 Å². The zero-order valence-corrected chi connectivity index (χ0v) is 20.0. The Morgan fingerprint density at radius 2 is 1.95 bits per heavy atom. The number of aromatic amines is 1. The summed E-state index contributed by atoms with van der Waals surface area (Å²) in [4.78, 5) is 46.1. The standard InChI is InChI=1S/C23H18N6O8S/c30-16-3-2-12(6-13(16)23(33)34)38(35,36)29-15-8-24-20-19(15)26-10-27-21(20)22(32)25-7-11-1-4-17-14(5-11)28-18(31)9-37-17/h1-6,8,10,24,29-30H,7,9H2,(H,25,32)(H,28,31)(H,33,34). The number of nitrogens with zero attached hydrogens (tertiary/aromatic N) is 2. The van der Waals surface area contributed by atoms with Gasteiger partial charge in [0.15, 0.2) is 12.3 Å². The maximum Gasteiger partial charge on any atom is 0.339 e. The van der Waals surface area contributed by atoms with Crippen molar-refractivity contribution in [2.75, 3.05) is 16.6 Å². The molecular formula is C23H18N6O8S. The van der Waals surface area contributed by atoms with E-state index in [1.165, 1.54) is 6.20 Å². The fourth-order valence-electron chi connectivity index (χ4n) is 3.75. The molecule has 2 amide bonds. The second kappa shape index (κ2) is 9.36. The van der Waals surface area contributed by atoms with Crippen LogP contribution in [0.5, 0.6) is 11.5 Å². The Hall–Kier alpha value is -5.18. The number of aromatic nitrogens is 3. The van der Waals surface area contributed by atoms with Gasteiger partial charge in [0.05, 0.1) is 21.8 Å². The lowest BCUT2D eigenvalue weighted by Gasteiger charge is -2.18. The number of ether oxygens (including phenoxy) is 1. The molecule has 0 aliphatic carbocycles. The average molecular weight is 538 g/mol. The number of aromatic carboxylic acids is 1. The third-order valence-electron chi connectivity index (χ3n) is 5.56. The van der Waals surface area contributed by atoms with Gasteiger partial charge in [-0.15, -0.1) is 0 Å². The number of carboxylic acid groups (broad SMARTS) is 1. The van der Waals surface area contributed by atoms with E-state index in [9.17, 15) is 27.9 Å². The Bertz CT molecular complexity index is 1730. The Morgan fingerprint density at radius 3 is 2.74 bits per heavy atom. The van der Waals surface area contributed by atoms with Crippen molar-refractivity contribution in [3.63, 3.8) is 0 Å². The largest absolute Gasteiger partial charge is 0.507 e. The number of rotatable bonds is 7. The number of H-pyrrole nitrogens is 1. The van der Waals surface area contributed by atoms with E-state index >= 15 is 0 Å². The van der Waals surface area contributed by atoms with Gasteiger partial charge in [-0.05, 0) is 35.9 Å².